The van der Waals surface area contributed by atoms with Crippen LogP contribution in [0.3, 0.4) is 0 Å². The van der Waals surface area contributed by atoms with Crippen molar-refractivity contribution in [1.29, 1.82) is 0 Å². The number of aryl methyl sites for hydroxylation is 1. The van der Waals surface area contributed by atoms with Gasteiger partial charge in [0.25, 0.3) is 11.8 Å². The lowest BCUT2D eigenvalue weighted by Gasteiger charge is -2.49. The van der Waals surface area contributed by atoms with Gasteiger partial charge < -0.3 is 44.4 Å². The van der Waals surface area contributed by atoms with Crippen LogP contribution in [0.1, 0.15) is 46.9 Å². The first-order valence-corrected chi connectivity index (χ1v) is 22.5. The first kappa shape index (κ1) is 43.7. The number of carbonyl (C=O) groups is 5. The predicted molar refractivity (Wildman–Crippen MR) is 237 cm³/mol. The molecule has 4 aliphatic heterocycles. The van der Waals surface area contributed by atoms with Gasteiger partial charge in [-0.3, -0.25) is 19.3 Å². The zero-order chi connectivity index (χ0) is 46.1. The number of carboxylic acid groups (broad SMARTS) is 1. The number of nitrogens with two attached hydrogens (primary N) is 1. The number of carboxylic acids is 1. The topological polar surface area (TPSA) is 253 Å². The van der Waals surface area contributed by atoms with Gasteiger partial charge in [-0.15, -0.1) is 11.8 Å². The molecule has 66 heavy (non-hydrogen) atoms. The van der Waals surface area contributed by atoms with Crippen LogP contribution >= 0.6 is 23.3 Å². The number of aromatic nitrogens is 2. The molecule has 4 amide bonds. The van der Waals surface area contributed by atoms with Gasteiger partial charge in [0, 0.05) is 59.2 Å². The number of rotatable bonds is 13. The van der Waals surface area contributed by atoms with Crippen molar-refractivity contribution in [3.8, 4) is 0 Å². The van der Waals surface area contributed by atoms with Crippen LogP contribution in [0, 0.1) is 6.92 Å². The highest BCUT2D eigenvalue weighted by molar-refractivity contribution is 8.00. The molecule has 5 aromatic rings. The lowest BCUT2D eigenvalue weighted by molar-refractivity contribution is -0.150. The van der Waals surface area contributed by atoms with E-state index in [2.05, 4.69) is 19.8 Å². The molecular formula is C45H40N8O11S2. The molecule has 0 aliphatic carbocycles. The van der Waals surface area contributed by atoms with E-state index >= 15 is 0 Å². The molecule has 9 rings (SSSR count). The van der Waals surface area contributed by atoms with E-state index in [1.807, 2.05) is 91.0 Å². The average Bonchev–Trinajstić information content (AvgIpc) is 4.14. The summed E-state index contributed by atoms with van der Waals surface area (Å²) in [7, 11) is 0. The molecule has 19 nitrogen and oxygen atoms in total. The molecule has 2 aromatic heterocycles. The summed E-state index contributed by atoms with van der Waals surface area (Å²) >= 11 is 2.07. The lowest BCUT2D eigenvalue weighted by Crippen LogP contribution is -2.71. The number of ether oxygens (including phenoxy) is 1. The summed E-state index contributed by atoms with van der Waals surface area (Å²) in [5, 5.41) is 16.9. The third-order valence-electron chi connectivity index (χ3n) is 11.7. The van der Waals surface area contributed by atoms with Gasteiger partial charge in [-0.2, -0.15) is 9.36 Å². The van der Waals surface area contributed by atoms with Crippen molar-refractivity contribution >= 4 is 63.9 Å². The van der Waals surface area contributed by atoms with Gasteiger partial charge in [-0.05, 0) is 31.4 Å². The number of hydrogen-bond donors (Lipinski definition) is 3. The number of anilines is 1. The maximum atomic E-state index is 14.3. The Labute approximate surface area is 383 Å². The highest BCUT2D eigenvalue weighted by Gasteiger charge is 2.55. The third-order valence-corrected chi connectivity index (χ3v) is 13.5. The van der Waals surface area contributed by atoms with Gasteiger partial charge in [0.1, 0.15) is 17.1 Å². The van der Waals surface area contributed by atoms with Crippen molar-refractivity contribution in [1.82, 2.24) is 29.4 Å². The van der Waals surface area contributed by atoms with Gasteiger partial charge in [0.15, 0.2) is 23.3 Å². The second-order valence-electron chi connectivity index (χ2n) is 15.6. The summed E-state index contributed by atoms with van der Waals surface area (Å²) in [6.45, 7) is 2.10. The van der Waals surface area contributed by atoms with Crippen LogP contribution in [-0.4, -0.2) is 108 Å². The number of aliphatic carboxylic acids is 1. The average molecular weight is 933 g/mol. The van der Waals surface area contributed by atoms with Crippen molar-refractivity contribution in [2.24, 2.45) is 5.16 Å². The molecule has 0 saturated carbocycles. The molecule has 0 bridgehead atoms. The maximum absolute atomic E-state index is 14.3. The van der Waals surface area contributed by atoms with Crippen molar-refractivity contribution in [3.05, 3.63) is 159 Å². The Morgan fingerprint density at radius 3 is 2.20 bits per heavy atom. The zero-order valence-electron chi connectivity index (χ0n) is 35.0. The van der Waals surface area contributed by atoms with E-state index in [4.69, 9.17) is 24.1 Å². The molecule has 0 spiro atoms. The monoisotopic (exact) mass is 932 g/mol. The molecule has 0 radical (unpaired) electrons. The Kier molecular flexibility index (Phi) is 12.0. The molecule has 3 aromatic carbocycles. The Bertz CT molecular complexity index is 2770. The molecule has 4 N–H and O–H groups in total. The van der Waals surface area contributed by atoms with E-state index in [1.54, 1.807) is 4.90 Å². The number of β-lactam (4-membered cyclic amide) rings is 1. The Morgan fingerprint density at radius 2 is 1.62 bits per heavy atom. The summed E-state index contributed by atoms with van der Waals surface area (Å²) in [5.74, 6) is -3.85. The SMILES string of the molecule is Cc1oc(=O)oc1COC(=O)N1CC[C@@H](N2CCC(=CC3=C(C(=O)O)N4C(=O)[C@@H](NC(=O)C(=NOC(c5ccccc5)(c5ccccc5)c5ccccc5)c5nsc(N)n5)[C@H]4SC3)C2=O)C1. The highest BCUT2D eigenvalue weighted by atomic mass is 32.2. The fraction of sp³-hybridized carbons (Fsp3) is 0.267. The fourth-order valence-electron chi connectivity index (χ4n) is 8.48. The van der Waals surface area contributed by atoms with Crippen molar-refractivity contribution in [3.63, 3.8) is 0 Å². The summed E-state index contributed by atoms with van der Waals surface area (Å²) in [4.78, 5) is 93.9. The predicted octanol–water partition coefficient (Wildman–Crippen LogP) is 4.00. The third kappa shape index (κ3) is 8.21. The number of benzene rings is 3. The van der Waals surface area contributed by atoms with Crippen LogP contribution in [0.2, 0.25) is 0 Å². The summed E-state index contributed by atoms with van der Waals surface area (Å²) < 4.78 is 19.2. The number of allylic oxidation sites excluding steroid dienone is 1. The second kappa shape index (κ2) is 18.2. The molecule has 3 saturated heterocycles. The molecule has 3 atom stereocenters. The molecular weight excluding hydrogens is 893 g/mol. The van der Waals surface area contributed by atoms with Crippen LogP contribution in [0.4, 0.5) is 9.93 Å². The van der Waals surface area contributed by atoms with Gasteiger partial charge in [0.05, 0.1) is 6.04 Å². The van der Waals surface area contributed by atoms with Crippen molar-refractivity contribution < 1.29 is 47.5 Å². The smallest absolute Gasteiger partial charge is 0.477 e. The quantitative estimate of drug-likeness (QED) is 0.0496. The minimum absolute atomic E-state index is 0.0574. The minimum atomic E-state index is -1.38. The molecule has 4 aliphatic rings. The maximum Gasteiger partial charge on any atom is 0.519 e. The standard InChI is InChI=1S/C45H40N8O11S2/c1-25-32(63-44(60)62-25)23-61-43(59)51-19-18-31(22-51)52-20-17-26(38(52)55)21-27-24-65-40-34(39(56)53(40)35(27)41(57)58)47-37(54)33(36-48-42(46)66-50-36)49-64-45(28-11-5-2-6-12-28,29-13-7-3-8-14-29)30-15-9-4-10-16-30/h2-16,21,31,34,40H,17-20,22-24H2,1H3,(H,47,54)(H,57,58)(H2,46,48,50)/t31-,34-,40-/m1/s1. The highest BCUT2D eigenvalue weighted by Crippen LogP contribution is 2.43. The molecule has 21 heteroatoms. The Hall–Kier alpha value is -7.52. The van der Waals surface area contributed by atoms with Crippen LogP contribution in [-0.2, 0) is 41.0 Å². The molecule has 338 valence electrons. The van der Waals surface area contributed by atoms with Crippen LogP contribution in [0.15, 0.2) is 133 Å². The van der Waals surface area contributed by atoms with Gasteiger partial charge in [-0.1, -0.05) is 96.2 Å². The van der Waals surface area contributed by atoms with E-state index in [-0.39, 0.29) is 70.3 Å². The van der Waals surface area contributed by atoms with Crippen LogP contribution in [0.25, 0.3) is 0 Å². The number of amides is 4. The Morgan fingerprint density at radius 1 is 0.970 bits per heavy atom. The minimum Gasteiger partial charge on any atom is -0.477 e. The molecule has 0 unspecified atom stereocenters. The van der Waals surface area contributed by atoms with Crippen LogP contribution < -0.4 is 16.9 Å². The van der Waals surface area contributed by atoms with E-state index in [0.717, 1.165) is 16.4 Å². The summed E-state index contributed by atoms with van der Waals surface area (Å²) in [5.41, 5.74) is 6.65. The number of nitrogen functional groups attached to an aromatic ring is 1. The van der Waals surface area contributed by atoms with Crippen LogP contribution in [0.5, 0.6) is 0 Å². The number of likely N-dealkylation sites (tertiary alicyclic amines) is 2. The van der Waals surface area contributed by atoms with Gasteiger partial charge in [0.2, 0.25) is 23.0 Å². The second-order valence-corrected chi connectivity index (χ2v) is 17.5. The number of oxime groups is 1. The summed E-state index contributed by atoms with van der Waals surface area (Å²) in [6.07, 6.45) is 1.69. The number of hydrogen-bond acceptors (Lipinski definition) is 16. The number of nitrogens with one attached hydrogen (secondary N) is 1. The first-order chi connectivity index (χ1) is 31.9. The number of fused-ring (bicyclic) bond motifs is 1. The van der Waals surface area contributed by atoms with E-state index in [0.29, 0.717) is 48.2 Å². The Balaban J connectivity index is 0.922. The zero-order valence-corrected chi connectivity index (χ0v) is 36.7. The number of thioether (sulfide) groups is 1. The largest absolute Gasteiger partial charge is 0.519 e. The van der Waals surface area contributed by atoms with Crippen molar-refractivity contribution in [2.75, 3.05) is 31.1 Å². The molecule has 3 fully saturated rings. The van der Waals surface area contributed by atoms with E-state index < -0.39 is 46.7 Å². The van der Waals surface area contributed by atoms with E-state index in [1.165, 1.54) is 29.7 Å². The fourth-order valence-corrected chi connectivity index (χ4v) is 10.2. The lowest BCUT2D eigenvalue weighted by atomic mass is 9.80. The van der Waals surface area contributed by atoms with E-state index in [9.17, 15) is 33.9 Å². The first-order valence-electron chi connectivity index (χ1n) is 20.7. The summed E-state index contributed by atoms with van der Waals surface area (Å²) in [6, 6.07) is 26.6. The van der Waals surface area contributed by atoms with Gasteiger partial charge >= 0.3 is 17.9 Å². The van der Waals surface area contributed by atoms with Gasteiger partial charge in [-0.25, -0.2) is 14.4 Å². The number of carbonyl (C=O) groups excluding carboxylic acids is 4. The normalized spacial score (nSPS) is 20.4. The molecule has 6 heterocycles. The number of nitrogens with zero attached hydrogens (tertiary/aromatic N) is 6. The van der Waals surface area contributed by atoms with Crippen molar-refractivity contribution in [2.45, 2.75) is 49.4 Å².